The first-order valence-corrected chi connectivity index (χ1v) is 8.46. The van der Waals surface area contributed by atoms with Crippen LogP contribution in [-0.2, 0) is 0 Å². The molecule has 2 fully saturated rings. The topological polar surface area (TPSA) is 18.5 Å². The molecule has 0 radical (unpaired) electrons. The van der Waals surface area contributed by atoms with Crippen LogP contribution in [0.3, 0.4) is 0 Å². The van der Waals surface area contributed by atoms with E-state index in [2.05, 4.69) is 47.4 Å². The molecule has 1 saturated carbocycles. The summed E-state index contributed by atoms with van der Waals surface area (Å²) in [5.41, 5.74) is 2.50. The molecule has 1 heterocycles. The average molecular weight is 381 g/mol. The van der Waals surface area contributed by atoms with Crippen molar-refractivity contribution in [2.24, 2.45) is 5.92 Å². The second kappa shape index (κ2) is 9.33. The summed E-state index contributed by atoms with van der Waals surface area (Å²) in [6.07, 6.45) is 4.07. The first-order chi connectivity index (χ1) is 10.2. The third-order valence-corrected chi connectivity index (χ3v) is 5.29. The summed E-state index contributed by atoms with van der Waals surface area (Å²) in [6.45, 7) is 4.45. The van der Waals surface area contributed by atoms with Gasteiger partial charge in [-0.15, -0.1) is 24.8 Å². The molecule has 1 aliphatic carbocycles. The molecule has 0 spiro atoms. The lowest BCUT2D eigenvalue weighted by molar-refractivity contribution is 0.0838. The second-order valence-electron chi connectivity index (χ2n) is 6.52. The van der Waals surface area contributed by atoms with Gasteiger partial charge >= 0.3 is 0 Å². The van der Waals surface area contributed by atoms with Crippen molar-refractivity contribution in [3.63, 3.8) is 0 Å². The van der Waals surface area contributed by atoms with Gasteiger partial charge in [-0.2, -0.15) is 0 Å². The molecular weight excluding hydrogens is 353 g/mol. The fraction of sp³-hybridized carbons (Fsp3) is 0.647. The lowest BCUT2D eigenvalue weighted by Crippen LogP contribution is -2.47. The van der Waals surface area contributed by atoms with E-state index in [1.807, 2.05) is 0 Å². The number of hydrogen-bond acceptors (Lipinski definition) is 3. The smallest absolute Gasteiger partial charge is 0.0474 e. The monoisotopic (exact) mass is 379 g/mol. The molecule has 1 N–H and O–H groups in total. The molecule has 0 bridgehead atoms. The summed E-state index contributed by atoms with van der Waals surface area (Å²) < 4.78 is 0. The van der Waals surface area contributed by atoms with Crippen LogP contribution in [0.15, 0.2) is 18.2 Å². The number of nitrogens with zero attached hydrogens (tertiary/aromatic N) is 2. The van der Waals surface area contributed by atoms with Crippen LogP contribution in [0.25, 0.3) is 0 Å². The molecule has 2 aliphatic rings. The van der Waals surface area contributed by atoms with Gasteiger partial charge < -0.3 is 10.2 Å². The van der Waals surface area contributed by atoms with Crippen molar-refractivity contribution in [3.05, 3.63) is 28.8 Å². The highest BCUT2D eigenvalue weighted by Gasteiger charge is 2.34. The number of benzene rings is 1. The number of hydrogen-bond donors (Lipinski definition) is 1. The maximum atomic E-state index is 6.64. The van der Waals surface area contributed by atoms with Crippen LogP contribution in [0.4, 0.5) is 5.69 Å². The molecule has 0 aromatic heterocycles. The van der Waals surface area contributed by atoms with Gasteiger partial charge in [0.05, 0.1) is 0 Å². The van der Waals surface area contributed by atoms with Gasteiger partial charge in [0.1, 0.15) is 0 Å². The van der Waals surface area contributed by atoms with E-state index in [4.69, 9.17) is 11.6 Å². The Balaban J connectivity index is 0.00000132. The van der Waals surface area contributed by atoms with Gasteiger partial charge in [-0.05, 0) is 36.5 Å². The lowest BCUT2D eigenvalue weighted by atomic mass is 9.76. The van der Waals surface area contributed by atoms with Crippen LogP contribution in [-0.4, -0.2) is 45.2 Å². The Kier molecular flexibility index (Phi) is 8.46. The number of anilines is 1. The fourth-order valence-electron chi connectivity index (χ4n) is 3.50. The number of halogens is 3. The van der Waals surface area contributed by atoms with E-state index in [-0.39, 0.29) is 24.8 Å². The normalized spacial score (nSPS) is 20.0. The quantitative estimate of drug-likeness (QED) is 0.852. The van der Waals surface area contributed by atoms with E-state index in [0.29, 0.717) is 6.04 Å². The molecule has 1 aromatic rings. The predicted octanol–water partition coefficient (Wildman–Crippen LogP) is 4.00. The SMILES string of the molecule is CN(C)c1ccc([C@@H](C2CCC2)N2CCNCC2)c(Cl)c1.Cl.Cl. The molecule has 1 aromatic carbocycles. The Hall–Kier alpha value is -0.190. The maximum absolute atomic E-state index is 6.64. The number of rotatable bonds is 4. The molecule has 6 heteroatoms. The molecule has 1 aliphatic heterocycles. The van der Waals surface area contributed by atoms with E-state index in [0.717, 1.165) is 37.1 Å². The van der Waals surface area contributed by atoms with Crippen LogP contribution >= 0.6 is 36.4 Å². The van der Waals surface area contributed by atoms with Gasteiger partial charge in [-0.1, -0.05) is 24.1 Å². The minimum absolute atomic E-state index is 0. The van der Waals surface area contributed by atoms with E-state index < -0.39 is 0 Å². The van der Waals surface area contributed by atoms with Gasteiger partial charge in [-0.3, -0.25) is 4.90 Å². The number of piperazine rings is 1. The Morgan fingerprint density at radius 3 is 2.30 bits per heavy atom. The highest BCUT2D eigenvalue weighted by atomic mass is 35.5. The Morgan fingerprint density at radius 1 is 1.17 bits per heavy atom. The van der Waals surface area contributed by atoms with Crippen molar-refractivity contribution >= 4 is 42.1 Å². The summed E-state index contributed by atoms with van der Waals surface area (Å²) >= 11 is 6.64. The minimum atomic E-state index is 0. The van der Waals surface area contributed by atoms with Crippen LogP contribution in [0, 0.1) is 5.92 Å². The summed E-state index contributed by atoms with van der Waals surface area (Å²) in [6, 6.07) is 7.08. The molecular formula is C17H28Cl3N3. The van der Waals surface area contributed by atoms with Gasteiger partial charge in [0.25, 0.3) is 0 Å². The predicted molar refractivity (Wildman–Crippen MR) is 105 cm³/mol. The zero-order chi connectivity index (χ0) is 14.8. The van der Waals surface area contributed by atoms with Crippen molar-refractivity contribution in [1.82, 2.24) is 10.2 Å². The summed E-state index contributed by atoms with van der Waals surface area (Å²) in [4.78, 5) is 4.75. The highest BCUT2D eigenvalue weighted by Crippen LogP contribution is 2.44. The standard InChI is InChI=1S/C17H26ClN3.2ClH/c1-20(2)14-6-7-15(16(18)12-14)17(13-4-3-5-13)21-10-8-19-9-11-21;;/h6-7,12-13,17,19H,3-5,8-11H2,1-2H3;2*1H/t17-;;/m1../s1. The molecule has 1 saturated heterocycles. The van der Waals surface area contributed by atoms with Gasteiger partial charge in [0, 0.05) is 57.0 Å². The fourth-order valence-corrected chi connectivity index (χ4v) is 3.79. The van der Waals surface area contributed by atoms with Crippen LogP contribution < -0.4 is 10.2 Å². The summed E-state index contributed by atoms with van der Waals surface area (Å²) in [5, 5.41) is 4.38. The Labute approximate surface area is 157 Å². The van der Waals surface area contributed by atoms with Crippen molar-refractivity contribution < 1.29 is 0 Å². The van der Waals surface area contributed by atoms with Gasteiger partial charge in [0.15, 0.2) is 0 Å². The molecule has 0 unspecified atom stereocenters. The van der Waals surface area contributed by atoms with Crippen molar-refractivity contribution in [2.45, 2.75) is 25.3 Å². The van der Waals surface area contributed by atoms with E-state index in [1.54, 1.807) is 0 Å². The Morgan fingerprint density at radius 2 is 1.83 bits per heavy atom. The number of nitrogens with one attached hydrogen (secondary N) is 1. The first-order valence-electron chi connectivity index (χ1n) is 8.08. The molecule has 132 valence electrons. The minimum Gasteiger partial charge on any atom is -0.378 e. The molecule has 3 rings (SSSR count). The molecule has 3 nitrogen and oxygen atoms in total. The second-order valence-corrected chi connectivity index (χ2v) is 6.93. The van der Waals surface area contributed by atoms with E-state index in [1.165, 1.54) is 30.5 Å². The van der Waals surface area contributed by atoms with Crippen molar-refractivity contribution in [2.75, 3.05) is 45.2 Å². The zero-order valence-corrected chi connectivity index (χ0v) is 16.3. The first kappa shape index (κ1) is 20.9. The average Bonchev–Trinajstić information content (AvgIpc) is 2.44. The van der Waals surface area contributed by atoms with Crippen LogP contribution in [0.2, 0.25) is 5.02 Å². The van der Waals surface area contributed by atoms with E-state index >= 15 is 0 Å². The van der Waals surface area contributed by atoms with Crippen molar-refractivity contribution in [3.8, 4) is 0 Å². The molecule has 0 amide bonds. The third kappa shape index (κ3) is 4.67. The van der Waals surface area contributed by atoms with Crippen LogP contribution in [0.1, 0.15) is 30.9 Å². The Bertz CT molecular complexity index is 486. The third-order valence-electron chi connectivity index (χ3n) is 4.96. The summed E-state index contributed by atoms with van der Waals surface area (Å²) in [7, 11) is 4.12. The highest BCUT2D eigenvalue weighted by molar-refractivity contribution is 6.31. The zero-order valence-electron chi connectivity index (χ0n) is 13.9. The summed E-state index contributed by atoms with van der Waals surface area (Å²) in [5.74, 6) is 0.783. The maximum Gasteiger partial charge on any atom is 0.0474 e. The molecule has 23 heavy (non-hydrogen) atoms. The van der Waals surface area contributed by atoms with Crippen molar-refractivity contribution in [1.29, 1.82) is 0 Å². The van der Waals surface area contributed by atoms with E-state index in [9.17, 15) is 0 Å². The lowest BCUT2D eigenvalue weighted by Gasteiger charge is -2.43. The van der Waals surface area contributed by atoms with Crippen LogP contribution in [0.5, 0.6) is 0 Å². The van der Waals surface area contributed by atoms with Gasteiger partial charge in [-0.25, -0.2) is 0 Å². The van der Waals surface area contributed by atoms with Gasteiger partial charge in [0.2, 0.25) is 0 Å². The molecule has 1 atom stereocenters. The largest absolute Gasteiger partial charge is 0.378 e.